The molecule has 0 aliphatic carbocycles. The highest BCUT2D eigenvalue weighted by molar-refractivity contribution is 7.56. The monoisotopic (exact) mass is 377 g/mol. The van der Waals surface area contributed by atoms with Crippen molar-refractivity contribution in [2.45, 2.75) is 6.42 Å². The Morgan fingerprint density at radius 2 is 1.63 bits per heavy atom. The predicted octanol–water partition coefficient (Wildman–Crippen LogP) is 3.94. The van der Waals surface area contributed by atoms with E-state index < -0.39 is 0 Å². The van der Waals surface area contributed by atoms with E-state index in [1.165, 1.54) is 21.7 Å². The van der Waals surface area contributed by atoms with Crippen LogP contribution >= 0.6 is 8.58 Å². The van der Waals surface area contributed by atoms with E-state index in [-0.39, 0.29) is 6.79 Å². The molecule has 0 amide bonds. The molecule has 0 heterocycles. The Morgan fingerprint density at radius 3 is 2.41 bits per heavy atom. The van der Waals surface area contributed by atoms with Crippen molar-refractivity contribution in [1.29, 1.82) is 0 Å². The first-order valence-corrected chi connectivity index (χ1v) is 9.87. The minimum absolute atomic E-state index is 0.237. The van der Waals surface area contributed by atoms with E-state index in [0.717, 1.165) is 17.7 Å². The first-order chi connectivity index (χ1) is 13.3. The highest BCUT2D eigenvalue weighted by Crippen LogP contribution is 2.26. The van der Waals surface area contributed by atoms with Crippen molar-refractivity contribution in [2.75, 3.05) is 21.0 Å². The van der Waals surface area contributed by atoms with Crippen LogP contribution in [0.25, 0.3) is 0 Å². The molecule has 1 unspecified atom stereocenters. The van der Waals surface area contributed by atoms with Crippen LogP contribution in [0.2, 0.25) is 0 Å². The fraction of sp³-hybridized carbons (Fsp3) is 0.174. The summed E-state index contributed by atoms with van der Waals surface area (Å²) in [5.74, 6) is 0.921. The quantitative estimate of drug-likeness (QED) is 0.338. The van der Waals surface area contributed by atoms with Crippen LogP contribution < -0.4 is 15.3 Å². The van der Waals surface area contributed by atoms with Crippen molar-refractivity contribution >= 4 is 25.4 Å². The molecule has 1 atom stereocenters. The number of hydrogen-bond acceptors (Lipinski definition) is 3. The third-order valence-electron chi connectivity index (χ3n) is 4.15. The predicted molar refractivity (Wildman–Crippen MR) is 116 cm³/mol. The molecule has 138 valence electrons. The van der Waals surface area contributed by atoms with E-state index in [2.05, 4.69) is 65.7 Å². The third kappa shape index (κ3) is 5.26. The number of hydrogen-bond donors (Lipinski definition) is 0. The summed E-state index contributed by atoms with van der Waals surface area (Å²) < 4.78 is 11.2. The lowest BCUT2D eigenvalue weighted by Gasteiger charge is -2.16. The molecule has 3 aromatic carbocycles. The zero-order valence-corrected chi connectivity index (χ0v) is 16.7. The molecule has 0 radical (unpaired) electrons. The van der Waals surface area contributed by atoms with Gasteiger partial charge in [0.05, 0.1) is 0 Å². The number of para-hydroxylation sites is 1. The van der Waals surface area contributed by atoms with Gasteiger partial charge in [-0.2, -0.15) is 0 Å². The van der Waals surface area contributed by atoms with E-state index in [1.807, 2.05) is 18.3 Å². The van der Waals surface area contributed by atoms with Gasteiger partial charge in [0.25, 0.3) is 0 Å². The zero-order chi connectivity index (χ0) is 18.9. The summed E-state index contributed by atoms with van der Waals surface area (Å²) in [6, 6.07) is 25.2. The van der Waals surface area contributed by atoms with Gasteiger partial charge in [0, 0.05) is 32.1 Å². The number of benzene rings is 3. The summed E-state index contributed by atoms with van der Waals surface area (Å²) in [6.07, 6.45) is 2.74. The molecule has 0 aliphatic rings. The van der Waals surface area contributed by atoms with Crippen molar-refractivity contribution in [2.24, 2.45) is 4.99 Å². The van der Waals surface area contributed by atoms with Gasteiger partial charge in [0.1, 0.15) is 5.75 Å². The number of methoxy groups -OCH3 is 1. The van der Waals surface area contributed by atoms with E-state index in [9.17, 15) is 0 Å². The van der Waals surface area contributed by atoms with Gasteiger partial charge in [-0.15, -0.1) is 0 Å². The van der Waals surface area contributed by atoms with Gasteiger partial charge < -0.3 is 9.47 Å². The maximum absolute atomic E-state index is 6.01. The van der Waals surface area contributed by atoms with Gasteiger partial charge >= 0.3 is 0 Å². The van der Waals surface area contributed by atoms with Gasteiger partial charge in [-0.3, -0.25) is 4.99 Å². The molecular weight excluding hydrogens is 353 g/mol. The molecule has 0 N–H and O–H groups in total. The largest absolute Gasteiger partial charge is 0.467 e. The molecule has 0 aliphatic heterocycles. The van der Waals surface area contributed by atoms with Crippen LogP contribution in [0.4, 0.5) is 0 Å². The van der Waals surface area contributed by atoms with Gasteiger partial charge in [-0.1, -0.05) is 81.4 Å². The molecule has 27 heavy (non-hydrogen) atoms. The maximum Gasteiger partial charge on any atom is 0.188 e. The van der Waals surface area contributed by atoms with Crippen LogP contribution in [0, 0.1) is 0 Å². The summed E-state index contributed by atoms with van der Waals surface area (Å²) in [7, 11) is 3.93. The number of rotatable bonds is 8. The van der Waals surface area contributed by atoms with Gasteiger partial charge in [0.15, 0.2) is 6.79 Å². The van der Waals surface area contributed by atoms with Crippen LogP contribution in [-0.2, 0) is 11.2 Å². The van der Waals surface area contributed by atoms with Crippen LogP contribution in [-0.4, -0.2) is 27.2 Å². The molecule has 4 heteroatoms. The normalized spacial score (nSPS) is 11.5. The Hall–Kier alpha value is -2.48. The third-order valence-corrected chi connectivity index (χ3v) is 5.54. The van der Waals surface area contributed by atoms with E-state index in [4.69, 9.17) is 9.47 Å². The first kappa shape index (κ1) is 19.3. The Labute approximate surface area is 162 Å². The summed E-state index contributed by atoms with van der Waals surface area (Å²) >= 11 is 0. The molecule has 0 aromatic heterocycles. The second kappa shape index (κ2) is 10.0. The molecule has 0 fully saturated rings. The second-order valence-corrected chi connectivity index (χ2v) is 7.43. The molecule has 0 saturated carbocycles. The Kier molecular flexibility index (Phi) is 7.15. The molecule has 3 nitrogen and oxygen atoms in total. The van der Waals surface area contributed by atoms with Gasteiger partial charge in [-0.05, 0) is 22.0 Å². The van der Waals surface area contributed by atoms with E-state index >= 15 is 0 Å². The molecule has 3 rings (SSSR count). The average Bonchev–Trinajstić information content (AvgIpc) is 2.70. The standard InChI is InChI=1S/C23H24NO2P/c1-24-16-20-11-6-7-13-21(20)27-22-14-8-12-19(23(22)26-17-25-2)15-18-9-4-3-5-10-18/h3-14,16,27H,15,17H2,1-2H3. The molecule has 0 saturated heterocycles. The summed E-state index contributed by atoms with van der Waals surface area (Å²) in [5, 5.41) is 2.43. The van der Waals surface area contributed by atoms with Crippen molar-refractivity contribution in [3.63, 3.8) is 0 Å². The summed E-state index contributed by atoms with van der Waals surface area (Å²) in [4.78, 5) is 4.18. The van der Waals surface area contributed by atoms with Crippen LogP contribution in [0.15, 0.2) is 77.8 Å². The van der Waals surface area contributed by atoms with Crippen molar-refractivity contribution in [3.05, 3.63) is 89.5 Å². The van der Waals surface area contributed by atoms with Crippen LogP contribution in [0.3, 0.4) is 0 Å². The minimum Gasteiger partial charge on any atom is -0.467 e. The maximum atomic E-state index is 6.01. The minimum atomic E-state index is 0.237. The smallest absolute Gasteiger partial charge is 0.188 e. The van der Waals surface area contributed by atoms with Crippen molar-refractivity contribution < 1.29 is 9.47 Å². The fourth-order valence-electron chi connectivity index (χ4n) is 2.93. The highest BCUT2D eigenvalue weighted by atomic mass is 31.1. The number of nitrogens with zero attached hydrogens (tertiary/aromatic N) is 1. The molecule has 0 spiro atoms. The second-order valence-electron chi connectivity index (χ2n) is 6.11. The Balaban J connectivity index is 1.96. The van der Waals surface area contributed by atoms with Crippen LogP contribution in [0.1, 0.15) is 16.7 Å². The lowest BCUT2D eigenvalue weighted by Crippen LogP contribution is -2.14. The zero-order valence-electron chi connectivity index (χ0n) is 15.7. The van der Waals surface area contributed by atoms with Crippen LogP contribution in [0.5, 0.6) is 5.75 Å². The van der Waals surface area contributed by atoms with Crippen molar-refractivity contribution in [3.8, 4) is 5.75 Å². The number of aliphatic imine (C=N–C) groups is 1. The molecule has 3 aromatic rings. The Morgan fingerprint density at radius 1 is 0.889 bits per heavy atom. The number of ether oxygens (including phenoxy) is 2. The lowest BCUT2D eigenvalue weighted by atomic mass is 10.0. The van der Waals surface area contributed by atoms with Crippen molar-refractivity contribution in [1.82, 2.24) is 0 Å². The SMILES string of the molecule is CN=Cc1ccccc1Pc1cccc(Cc2ccccc2)c1OCOC. The molecule has 0 bridgehead atoms. The van der Waals surface area contributed by atoms with Gasteiger partial charge in [0.2, 0.25) is 0 Å². The summed E-state index contributed by atoms with van der Waals surface area (Å²) in [6.45, 7) is 0.237. The van der Waals surface area contributed by atoms with E-state index in [1.54, 1.807) is 14.2 Å². The van der Waals surface area contributed by atoms with E-state index in [0.29, 0.717) is 8.58 Å². The fourth-order valence-corrected chi connectivity index (χ4v) is 4.22. The average molecular weight is 377 g/mol. The topological polar surface area (TPSA) is 30.8 Å². The summed E-state index contributed by atoms with van der Waals surface area (Å²) in [5.41, 5.74) is 3.58. The first-order valence-electron chi connectivity index (χ1n) is 8.87. The molecular formula is C23H24NO2P. The highest BCUT2D eigenvalue weighted by Gasteiger charge is 2.12. The Bertz CT molecular complexity index is 894. The van der Waals surface area contributed by atoms with Gasteiger partial charge in [-0.25, -0.2) is 0 Å². The lowest BCUT2D eigenvalue weighted by molar-refractivity contribution is 0.0513.